The number of aromatic hydroxyl groups is 1. The van der Waals surface area contributed by atoms with E-state index < -0.39 is 0 Å². The van der Waals surface area contributed by atoms with E-state index in [1.54, 1.807) is 6.07 Å². The van der Waals surface area contributed by atoms with Crippen LogP contribution in [0, 0.1) is 0 Å². The van der Waals surface area contributed by atoms with E-state index in [-0.39, 0.29) is 5.41 Å². The smallest absolute Gasteiger partial charge is 0.164 e. The number of likely N-dealkylation sites (tertiary alicyclic amines) is 1. The van der Waals surface area contributed by atoms with Crippen molar-refractivity contribution in [2.45, 2.75) is 43.2 Å². The van der Waals surface area contributed by atoms with Crippen LogP contribution in [0.4, 0.5) is 0 Å². The Morgan fingerprint density at radius 2 is 2.33 bits per heavy atom. The second-order valence-corrected chi connectivity index (χ2v) is 6.05. The van der Waals surface area contributed by atoms with Crippen molar-refractivity contribution >= 4 is 0 Å². The van der Waals surface area contributed by atoms with E-state index in [4.69, 9.17) is 4.74 Å². The van der Waals surface area contributed by atoms with Gasteiger partial charge in [-0.05, 0) is 32.4 Å². The van der Waals surface area contributed by atoms with E-state index in [9.17, 15) is 5.11 Å². The summed E-state index contributed by atoms with van der Waals surface area (Å²) in [6.07, 6.45) is 5.07. The molecule has 1 saturated carbocycles. The molecule has 3 atom stereocenters. The summed E-state index contributed by atoms with van der Waals surface area (Å²) in [6, 6.07) is 7.02. The first-order valence-corrected chi connectivity index (χ1v) is 6.89. The van der Waals surface area contributed by atoms with Crippen LogP contribution in [0.5, 0.6) is 11.5 Å². The maximum absolute atomic E-state index is 10.00. The van der Waals surface area contributed by atoms with Crippen molar-refractivity contribution < 1.29 is 9.84 Å². The number of para-hydroxylation sites is 1. The molecule has 0 radical (unpaired) electrons. The Balaban J connectivity index is 1.91. The molecule has 1 aliphatic carbocycles. The topological polar surface area (TPSA) is 32.7 Å². The van der Waals surface area contributed by atoms with Crippen molar-refractivity contribution in [3.05, 3.63) is 23.8 Å². The molecule has 0 aromatic heterocycles. The van der Waals surface area contributed by atoms with Gasteiger partial charge in [0.25, 0.3) is 0 Å². The Morgan fingerprint density at radius 1 is 1.44 bits per heavy atom. The molecule has 1 N–H and O–H groups in total. The maximum atomic E-state index is 10.00. The molecule has 0 unspecified atom stereocenters. The van der Waals surface area contributed by atoms with Gasteiger partial charge in [0.2, 0.25) is 0 Å². The Hall–Kier alpha value is -1.22. The fourth-order valence-corrected chi connectivity index (χ4v) is 4.50. The molecule has 1 aromatic rings. The molecule has 2 heterocycles. The van der Waals surface area contributed by atoms with E-state index in [1.807, 2.05) is 6.07 Å². The van der Waals surface area contributed by atoms with Crippen LogP contribution in [0.2, 0.25) is 0 Å². The zero-order chi connectivity index (χ0) is 12.3. The number of rotatable bonds is 0. The largest absolute Gasteiger partial charge is 0.504 e. The molecule has 2 aliphatic heterocycles. The molecule has 0 amide bonds. The number of benzene rings is 1. The lowest BCUT2D eigenvalue weighted by atomic mass is 9.66. The summed E-state index contributed by atoms with van der Waals surface area (Å²) in [5.41, 5.74) is 1.47. The fraction of sp³-hybridized carbons (Fsp3) is 0.600. The summed E-state index contributed by atoms with van der Waals surface area (Å²) in [6.45, 7) is 0.720. The van der Waals surface area contributed by atoms with Crippen molar-refractivity contribution in [3.8, 4) is 11.5 Å². The van der Waals surface area contributed by atoms with E-state index in [1.165, 1.54) is 31.2 Å². The average Bonchev–Trinajstić information content (AvgIpc) is 2.58. The highest BCUT2D eigenvalue weighted by Gasteiger charge is 2.56. The van der Waals surface area contributed by atoms with E-state index >= 15 is 0 Å². The first-order valence-electron chi connectivity index (χ1n) is 6.89. The Kier molecular flexibility index (Phi) is 2.03. The maximum Gasteiger partial charge on any atom is 0.164 e. The lowest BCUT2D eigenvalue weighted by Gasteiger charge is -2.42. The monoisotopic (exact) mass is 245 g/mol. The number of likely N-dealkylation sites (N-methyl/N-ethyl adjacent to an activating group) is 1. The molecule has 2 bridgehead atoms. The van der Waals surface area contributed by atoms with Gasteiger partial charge in [-0.25, -0.2) is 0 Å². The van der Waals surface area contributed by atoms with Gasteiger partial charge in [0, 0.05) is 17.0 Å². The fourth-order valence-electron chi connectivity index (χ4n) is 4.50. The van der Waals surface area contributed by atoms with Crippen molar-refractivity contribution in [1.29, 1.82) is 0 Å². The molecule has 18 heavy (non-hydrogen) atoms. The van der Waals surface area contributed by atoms with Crippen molar-refractivity contribution in [2.75, 3.05) is 13.7 Å². The minimum atomic E-state index is 0.226. The summed E-state index contributed by atoms with van der Waals surface area (Å²) < 4.78 is 5.85. The van der Waals surface area contributed by atoms with Crippen LogP contribution in [0.25, 0.3) is 0 Å². The number of phenolic OH excluding ortho intramolecular Hbond substituents is 1. The Labute approximate surface area is 107 Å². The molecule has 2 fully saturated rings. The summed E-state index contributed by atoms with van der Waals surface area (Å²) in [7, 11) is 2.24. The molecule has 4 rings (SSSR count). The first kappa shape index (κ1) is 10.7. The first-order chi connectivity index (χ1) is 8.72. The quantitative estimate of drug-likeness (QED) is 0.761. The standard InChI is InChI=1S/C15H19NO2/c1-16-10-4-3-7-15(8-10)11-5-2-6-12(17)14(11)18-9-13(15)16/h2,5-6,10,13,17H,3-4,7-9H2,1H3/t10-,13-,15+/m0/s1. The lowest BCUT2D eigenvalue weighted by molar-refractivity contribution is 0.118. The van der Waals surface area contributed by atoms with Crippen LogP contribution in [0.1, 0.15) is 31.2 Å². The molecule has 1 spiro atoms. The Morgan fingerprint density at radius 3 is 3.22 bits per heavy atom. The highest BCUT2D eigenvalue weighted by Crippen LogP contribution is 2.56. The van der Waals surface area contributed by atoms with Crippen molar-refractivity contribution in [3.63, 3.8) is 0 Å². The van der Waals surface area contributed by atoms with E-state index in [0.29, 0.717) is 17.8 Å². The van der Waals surface area contributed by atoms with Crippen LogP contribution in [-0.4, -0.2) is 35.7 Å². The zero-order valence-corrected chi connectivity index (χ0v) is 10.7. The third kappa shape index (κ3) is 1.13. The summed E-state index contributed by atoms with van der Waals surface area (Å²) in [5.74, 6) is 1.04. The zero-order valence-electron chi connectivity index (χ0n) is 10.7. The highest BCUT2D eigenvalue weighted by atomic mass is 16.5. The number of hydrogen-bond acceptors (Lipinski definition) is 3. The second-order valence-electron chi connectivity index (χ2n) is 6.05. The molecule has 1 saturated heterocycles. The molecule has 3 heteroatoms. The van der Waals surface area contributed by atoms with Crippen molar-refractivity contribution in [2.24, 2.45) is 0 Å². The van der Waals surface area contributed by atoms with Crippen LogP contribution < -0.4 is 4.74 Å². The van der Waals surface area contributed by atoms with Crippen LogP contribution in [-0.2, 0) is 5.41 Å². The van der Waals surface area contributed by atoms with Gasteiger partial charge in [-0.1, -0.05) is 18.6 Å². The summed E-state index contributed by atoms with van der Waals surface area (Å²) in [4.78, 5) is 2.51. The van der Waals surface area contributed by atoms with Gasteiger partial charge in [0.05, 0.1) is 6.04 Å². The number of nitrogens with zero attached hydrogens (tertiary/aromatic N) is 1. The Bertz CT molecular complexity index is 501. The SMILES string of the molecule is CN1[C@H]2CCC[C@@]3(C2)c2cccc(O)c2OC[C@H]13. The number of phenols is 1. The predicted octanol–water partition coefficient (Wildman–Crippen LogP) is 2.28. The van der Waals surface area contributed by atoms with Gasteiger partial charge < -0.3 is 9.84 Å². The number of ether oxygens (including phenoxy) is 1. The van der Waals surface area contributed by atoms with Crippen LogP contribution in [0.3, 0.4) is 0 Å². The van der Waals surface area contributed by atoms with Crippen LogP contribution >= 0.6 is 0 Å². The minimum absolute atomic E-state index is 0.226. The third-order valence-corrected chi connectivity index (χ3v) is 5.38. The summed E-state index contributed by atoms with van der Waals surface area (Å²) in [5, 5.41) is 10.00. The van der Waals surface area contributed by atoms with Gasteiger partial charge in [-0.3, -0.25) is 4.90 Å². The van der Waals surface area contributed by atoms with E-state index in [2.05, 4.69) is 18.0 Å². The molecule has 1 aromatic carbocycles. The van der Waals surface area contributed by atoms with Gasteiger partial charge >= 0.3 is 0 Å². The highest BCUT2D eigenvalue weighted by molar-refractivity contribution is 5.52. The predicted molar refractivity (Wildman–Crippen MR) is 69.1 cm³/mol. The molecular weight excluding hydrogens is 226 g/mol. The number of fused-ring (bicyclic) bond motifs is 2. The molecule has 3 nitrogen and oxygen atoms in total. The van der Waals surface area contributed by atoms with Gasteiger partial charge in [-0.15, -0.1) is 0 Å². The lowest BCUT2D eigenvalue weighted by Crippen LogP contribution is -2.47. The second kappa shape index (κ2) is 3.41. The van der Waals surface area contributed by atoms with Gasteiger partial charge in [0.1, 0.15) is 6.61 Å². The summed E-state index contributed by atoms with van der Waals surface area (Å²) >= 11 is 0. The minimum Gasteiger partial charge on any atom is -0.504 e. The molecular formula is C15H19NO2. The van der Waals surface area contributed by atoms with Gasteiger partial charge in [0.15, 0.2) is 11.5 Å². The number of hydrogen-bond donors (Lipinski definition) is 1. The van der Waals surface area contributed by atoms with Crippen LogP contribution in [0.15, 0.2) is 18.2 Å². The molecule has 3 aliphatic rings. The van der Waals surface area contributed by atoms with Crippen molar-refractivity contribution in [1.82, 2.24) is 4.90 Å². The van der Waals surface area contributed by atoms with Gasteiger partial charge in [-0.2, -0.15) is 0 Å². The molecule has 96 valence electrons. The van der Waals surface area contributed by atoms with E-state index in [0.717, 1.165) is 12.4 Å². The normalized spacial score (nSPS) is 37.8. The average molecular weight is 245 g/mol. The third-order valence-electron chi connectivity index (χ3n) is 5.38.